The second kappa shape index (κ2) is 28.1. The summed E-state index contributed by atoms with van der Waals surface area (Å²) in [5.41, 5.74) is 3.69. The van der Waals surface area contributed by atoms with E-state index in [0.717, 1.165) is 57.5 Å². The maximum absolute atomic E-state index is 14.5. The molecule has 0 saturated carbocycles. The molecule has 12 nitrogen and oxygen atoms in total. The number of halogens is 1. The number of amides is 1. The molecular formula is C65H104ClN2O10P. The monoisotopic (exact) mass is 1140 g/mol. The van der Waals surface area contributed by atoms with Crippen LogP contribution in [0.1, 0.15) is 172 Å². The molecule has 1 amide bonds. The molecule has 0 aromatic heterocycles. The summed E-state index contributed by atoms with van der Waals surface area (Å²) in [5.74, 6) is -6.84. The first-order valence-corrected chi connectivity index (χ1v) is 33.1. The van der Waals surface area contributed by atoms with Gasteiger partial charge in [-0.3, -0.25) is 9.59 Å². The number of benzene rings is 3. The second-order valence-corrected chi connectivity index (χ2v) is 32.2. The van der Waals surface area contributed by atoms with Crippen molar-refractivity contribution in [2.45, 2.75) is 247 Å². The number of nitrogens with zero attached hydrogens (tertiary/aromatic N) is 2. The first-order valence-electron chi connectivity index (χ1n) is 29.8. The van der Waals surface area contributed by atoms with E-state index in [1.54, 1.807) is 32.6 Å². The number of likely N-dealkylation sites (N-methyl/N-ethyl adjacent to an activating group) is 1. The number of unbranched alkanes of at least 4 members (excludes halogenated alkanes) is 8. The van der Waals surface area contributed by atoms with Crippen LogP contribution in [0.15, 0.2) is 54.6 Å². The van der Waals surface area contributed by atoms with Gasteiger partial charge in [0.2, 0.25) is 0 Å². The molecule has 79 heavy (non-hydrogen) atoms. The third kappa shape index (κ3) is 16.0. The summed E-state index contributed by atoms with van der Waals surface area (Å²) >= 11 is 8.71. The van der Waals surface area contributed by atoms with Gasteiger partial charge in [0.05, 0.1) is 35.9 Å². The zero-order valence-corrected chi connectivity index (χ0v) is 52.9. The number of aliphatic hydroxyl groups is 5. The third-order valence-corrected chi connectivity index (χ3v) is 25.1. The quantitative estimate of drug-likeness (QED) is 0.0440. The molecule has 0 unspecified atom stereocenters. The molecule has 0 aliphatic carbocycles. The minimum Gasteiger partial charge on any atom is -0.388 e. The summed E-state index contributed by atoms with van der Waals surface area (Å²) in [6.07, 6.45) is 3.09. The van der Waals surface area contributed by atoms with Crippen molar-refractivity contribution in [3.63, 3.8) is 0 Å². The van der Waals surface area contributed by atoms with Crippen LogP contribution >= 0.6 is 17.2 Å². The number of cyclic esters (lactones) is 1. The van der Waals surface area contributed by atoms with E-state index in [1.165, 1.54) is 63.1 Å². The van der Waals surface area contributed by atoms with Crippen molar-refractivity contribution in [2.24, 2.45) is 17.8 Å². The van der Waals surface area contributed by atoms with Gasteiger partial charge in [0.25, 0.3) is 0 Å². The molecule has 2 aliphatic rings. The third-order valence-electron chi connectivity index (χ3n) is 17.7. The summed E-state index contributed by atoms with van der Waals surface area (Å²) in [6, 6.07) is 19.6. The van der Waals surface area contributed by atoms with Crippen molar-refractivity contribution in [1.29, 1.82) is 0 Å². The number of aryl methyl sites for hydroxylation is 6. The molecular weight excluding hydrogens is 1040 g/mol. The van der Waals surface area contributed by atoms with Crippen LogP contribution in [0.2, 0.25) is 0 Å². The van der Waals surface area contributed by atoms with Gasteiger partial charge in [-0.15, -0.1) is 0 Å². The Morgan fingerprint density at radius 2 is 1.16 bits per heavy atom. The number of hydrogen-bond donors (Lipinski definition) is 5. The second-order valence-electron chi connectivity index (χ2n) is 25.6. The van der Waals surface area contributed by atoms with Gasteiger partial charge in [0.1, 0.15) is 23.9 Å². The fourth-order valence-electron chi connectivity index (χ4n) is 13.4. The van der Waals surface area contributed by atoms with Crippen LogP contribution < -0.4 is 15.9 Å². The Labute approximate surface area is 481 Å². The smallest absolute Gasteiger partial charge is 0.126 e. The average Bonchev–Trinajstić information content (AvgIpc) is 3.57. The molecule has 5 N–H and O–H groups in total. The number of carbonyl (C=O) groups excluding carboxylic acids is 2. The molecule has 2 saturated heterocycles. The van der Waals surface area contributed by atoms with E-state index in [0.29, 0.717) is 12.8 Å². The topological polar surface area (TPSA) is 169 Å². The van der Waals surface area contributed by atoms with Gasteiger partial charge >= 0.3 is 245 Å². The first kappa shape index (κ1) is 66.8. The summed E-state index contributed by atoms with van der Waals surface area (Å²) < 4.78 is 18.6. The Morgan fingerprint density at radius 3 is 1.61 bits per heavy atom. The zero-order valence-electron chi connectivity index (χ0n) is 51.2. The van der Waals surface area contributed by atoms with Gasteiger partial charge in [0, 0.05) is 18.5 Å². The molecule has 0 bridgehead atoms. The molecule has 14 atom stereocenters. The summed E-state index contributed by atoms with van der Waals surface area (Å²) in [4.78, 5) is 31.8. The Balaban J connectivity index is 1.26. The number of ether oxygens (including phenoxy) is 3. The molecule has 446 valence electrons. The van der Waals surface area contributed by atoms with Gasteiger partial charge in [-0.05, 0) is 73.9 Å². The maximum Gasteiger partial charge on any atom is 0.126 e. The fourth-order valence-corrected chi connectivity index (χ4v) is 20.0. The molecule has 5 rings (SSSR count). The van der Waals surface area contributed by atoms with Crippen LogP contribution in [0.25, 0.3) is 0 Å². The van der Waals surface area contributed by atoms with Crippen molar-refractivity contribution >= 4 is 45.0 Å². The maximum atomic E-state index is 14.5. The van der Waals surface area contributed by atoms with Crippen LogP contribution in [-0.2, 0) is 23.8 Å². The van der Waals surface area contributed by atoms with Crippen molar-refractivity contribution < 1.29 is 49.3 Å². The normalized spacial score (nSPS) is 31.3. The van der Waals surface area contributed by atoms with E-state index in [-0.39, 0.29) is 49.8 Å². The van der Waals surface area contributed by atoms with Gasteiger partial charge in [-0.1, -0.05) is 20.8 Å². The Morgan fingerprint density at radius 1 is 0.722 bits per heavy atom. The van der Waals surface area contributed by atoms with E-state index in [4.69, 9.17) is 25.5 Å². The van der Waals surface area contributed by atoms with Crippen molar-refractivity contribution in [2.75, 3.05) is 26.8 Å². The first-order chi connectivity index (χ1) is 36.8. The summed E-state index contributed by atoms with van der Waals surface area (Å²) in [6.45, 7) is 26.7. The SMILES string of the molecule is CC[C@H]1OC(=O)[C@H](C)[C@@H](O)[C@H](C)[C@@H](O[C@@H]2O[C@H](C)C[C@H](N(C)C)[C@H]2O)[C@](C)(O)C[C@@H](C)CN(C(=O)CCCCCCCCCCCP(Cl)(c2cc(C)cc(C)c2)(c2cc(C)cc(C)c2)c2cc(C)cc(C)c2)[C@H](C)[C@@H](O)[C@]1(C)O. The van der Waals surface area contributed by atoms with E-state index >= 15 is 0 Å². The number of hydrogen-bond acceptors (Lipinski definition) is 11. The van der Waals surface area contributed by atoms with Crippen molar-refractivity contribution in [3.8, 4) is 0 Å². The van der Waals surface area contributed by atoms with E-state index in [2.05, 4.69) is 96.1 Å². The number of carbonyl (C=O) groups is 2. The fraction of sp³-hybridized carbons (Fsp3) is 0.692. The predicted octanol–water partition coefficient (Wildman–Crippen LogP) is 10.3. The van der Waals surface area contributed by atoms with Crippen LogP contribution in [0.5, 0.6) is 0 Å². The number of esters is 1. The zero-order chi connectivity index (χ0) is 59.0. The molecule has 0 spiro atoms. The van der Waals surface area contributed by atoms with Crippen LogP contribution in [-0.4, -0.2) is 140 Å². The average molecular weight is 1140 g/mol. The van der Waals surface area contributed by atoms with Crippen LogP contribution in [0.3, 0.4) is 0 Å². The van der Waals surface area contributed by atoms with Gasteiger partial charge in [-0.25, -0.2) is 0 Å². The Bertz CT molecular complexity index is 2300. The van der Waals surface area contributed by atoms with E-state index < -0.39 is 77.8 Å². The van der Waals surface area contributed by atoms with Crippen LogP contribution in [0.4, 0.5) is 0 Å². The van der Waals surface area contributed by atoms with Gasteiger partial charge in [0.15, 0.2) is 6.29 Å². The molecule has 2 heterocycles. The van der Waals surface area contributed by atoms with Crippen LogP contribution in [0, 0.1) is 59.3 Å². The predicted molar refractivity (Wildman–Crippen MR) is 324 cm³/mol. The van der Waals surface area contributed by atoms with Crippen molar-refractivity contribution in [3.05, 3.63) is 88.0 Å². The van der Waals surface area contributed by atoms with Crippen molar-refractivity contribution in [1.82, 2.24) is 9.80 Å². The standard InChI is InChI=1S/C65H104ClN2O10P/c1-17-56-65(14,75)60(72)51(12)68(40-47(8)39-64(13,74)61(49(10)58(70)50(11)62(73)77-56)78-63-59(71)55(67(15)16)38-48(9)76-63)57(69)27-25-23-21-19-18-20-22-24-26-28-79(66,52-32-41(2)29-42(3)33-52,53-34-43(4)30-44(5)35-53)54-36-45(6)31-46(7)37-54/h29-37,47-51,55-56,58-61,63,70-72,74-75H,17-28,38-40H2,1-16H3/t47-,48-,49+,50-,51-,55+,56-,58+,59-,60-,61-,63+,64-,65-/m1/s1. The minimum absolute atomic E-state index is 0.0870. The van der Waals surface area contributed by atoms with E-state index in [1.807, 2.05) is 32.8 Å². The summed E-state index contributed by atoms with van der Waals surface area (Å²) in [5, 5.41) is 63.5. The molecule has 0 radical (unpaired) electrons. The molecule has 2 aliphatic heterocycles. The molecule has 3 aromatic rings. The minimum atomic E-state index is -3.48. The van der Waals surface area contributed by atoms with Gasteiger partial charge in [-0.2, -0.15) is 0 Å². The summed E-state index contributed by atoms with van der Waals surface area (Å²) in [7, 11) is 3.74. The van der Waals surface area contributed by atoms with E-state index in [9.17, 15) is 35.1 Å². The molecule has 3 aromatic carbocycles. The molecule has 14 heteroatoms. The molecule has 2 fully saturated rings. The number of rotatable bonds is 19. The largest absolute Gasteiger partial charge is 0.388 e. The Hall–Kier alpha value is -3.00. The Kier molecular flexibility index (Phi) is 23.7. The van der Waals surface area contributed by atoms with Gasteiger partial charge < -0.3 is 49.5 Å². The number of aliphatic hydroxyl groups excluding tert-OH is 3.